The summed E-state index contributed by atoms with van der Waals surface area (Å²) in [6.45, 7) is 7.74. The molecule has 1 fully saturated rings. The highest BCUT2D eigenvalue weighted by atomic mass is 16.5. The third kappa shape index (κ3) is 4.35. The lowest BCUT2D eigenvalue weighted by atomic mass is 9.93. The van der Waals surface area contributed by atoms with Crippen LogP contribution in [0.1, 0.15) is 37.3 Å². The second-order valence-electron chi connectivity index (χ2n) is 6.82. The number of para-hydroxylation sites is 2. The smallest absolute Gasteiger partial charge is 0.201 e. The predicted molar refractivity (Wildman–Crippen MR) is 99.9 cm³/mol. The molecule has 0 bridgehead atoms. The van der Waals surface area contributed by atoms with Crippen LogP contribution in [0.25, 0.3) is 11.0 Å². The molecule has 5 nitrogen and oxygen atoms in total. The van der Waals surface area contributed by atoms with E-state index in [2.05, 4.69) is 30.2 Å². The molecule has 1 aliphatic rings. The average molecular weight is 341 g/mol. The Bertz CT molecular complexity index is 753. The number of ether oxygens (including phenoxy) is 1. The summed E-state index contributed by atoms with van der Waals surface area (Å²) in [6, 6.07) is 7.94. The van der Waals surface area contributed by atoms with E-state index in [1.54, 1.807) is 0 Å². The Labute approximate surface area is 149 Å². The molecule has 1 aliphatic heterocycles. The number of allylic oxidation sites excluding steroid dienone is 1. The highest BCUT2D eigenvalue weighted by Crippen LogP contribution is 2.22. The topological polar surface area (TPSA) is 56.1 Å². The molecular weight excluding hydrogens is 314 g/mol. The minimum Gasteiger partial charge on any atom is -0.376 e. The van der Waals surface area contributed by atoms with E-state index >= 15 is 0 Å². The molecule has 0 aliphatic carbocycles. The lowest BCUT2D eigenvalue weighted by Crippen LogP contribution is -2.33. The largest absolute Gasteiger partial charge is 0.376 e. The van der Waals surface area contributed by atoms with Gasteiger partial charge in [-0.3, -0.25) is 4.79 Å². The Hall–Kier alpha value is -1.98. The van der Waals surface area contributed by atoms with E-state index in [9.17, 15) is 4.79 Å². The normalized spacial score (nSPS) is 15.4. The maximum Gasteiger partial charge on any atom is 0.201 e. The number of imidazole rings is 1. The molecule has 0 atom stereocenters. The molecular formula is C20H27N3O2. The molecule has 5 heteroatoms. The second kappa shape index (κ2) is 8.41. The summed E-state index contributed by atoms with van der Waals surface area (Å²) in [4.78, 5) is 17.6. The fraction of sp³-hybridized carbons (Fsp3) is 0.500. The molecule has 0 spiro atoms. The van der Waals surface area contributed by atoms with Crippen molar-refractivity contribution in [2.24, 2.45) is 5.92 Å². The van der Waals surface area contributed by atoms with Crippen molar-refractivity contribution < 1.29 is 9.53 Å². The summed E-state index contributed by atoms with van der Waals surface area (Å²) in [7, 11) is 0. The van der Waals surface area contributed by atoms with Crippen molar-refractivity contribution in [1.82, 2.24) is 14.9 Å². The lowest BCUT2D eigenvalue weighted by molar-refractivity contribution is 0.0876. The van der Waals surface area contributed by atoms with Crippen LogP contribution in [0.15, 0.2) is 35.9 Å². The Morgan fingerprint density at radius 3 is 2.84 bits per heavy atom. The molecule has 2 aromatic rings. The average Bonchev–Trinajstić information content (AvgIpc) is 3.00. The van der Waals surface area contributed by atoms with Crippen LogP contribution in [0, 0.1) is 5.92 Å². The van der Waals surface area contributed by atoms with Gasteiger partial charge in [-0.05, 0) is 51.9 Å². The molecule has 0 radical (unpaired) electrons. The Morgan fingerprint density at radius 2 is 2.08 bits per heavy atom. The van der Waals surface area contributed by atoms with E-state index in [-0.39, 0.29) is 11.7 Å². The number of carbonyl (C=O) groups is 1. The van der Waals surface area contributed by atoms with E-state index in [1.165, 1.54) is 5.57 Å². The Balaban J connectivity index is 1.79. The molecule has 25 heavy (non-hydrogen) atoms. The third-order valence-corrected chi connectivity index (χ3v) is 4.65. The van der Waals surface area contributed by atoms with Gasteiger partial charge in [0.2, 0.25) is 5.78 Å². The second-order valence-corrected chi connectivity index (χ2v) is 6.82. The zero-order valence-electron chi connectivity index (χ0n) is 15.1. The van der Waals surface area contributed by atoms with Crippen LogP contribution in [0.3, 0.4) is 0 Å². The van der Waals surface area contributed by atoms with Gasteiger partial charge >= 0.3 is 0 Å². The summed E-state index contributed by atoms with van der Waals surface area (Å²) in [5.41, 5.74) is 3.13. The first-order valence-corrected chi connectivity index (χ1v) is 9.08. The van der Waals surface area contributed by atoms with Crippen molar-refractivity contribution in [2.75, 3.05) is 26.3 Å². The van der Waals surface area contributed by atoms with Gasteiger partial charge in [-0.25, -0.2) is 4.98 Å². The first kappa shape index (κ1) is 17.8. The van der Waals surface area contributed by atoms with Crippen LogP contribution in [-0.4, -0.2) is 41.6 Å². The van der Waals surface area contributed by atoms with Crippen molar-refractivity contribution in [1.29, 1.82) is 0 Å². The van der Waals surface area contributed by atoms with E-state index < -0.39 is 0 Å². The summed E-state index contributed by atoms with van der Waals surface area (Å²) < 4.78 is 7.73. The van der Waals surface area contributed by atoms with Gasteiger partial charge in [-0.2, -0.15) is 0 Å². The lowest BCUT2D eigenvalue weighted by Gasteiger charge is -2.21. The Kier molecular flexibility index (Phi) is 6.00. The van der Waals surface area contributed by atoms with Crippen molar-refractivity contribution in [2.45, 2.75) is 33.2 Å². The number of benzene rings is 1. The minimum absolute atomic E-state index is 0.0726. The van der Waals surface area contributed by atoms with Crippen molar-refractivity contribution in [3.05, 3.63) is 41.7 Å². The monoisotopic (exact) mass is 341 g/mol. The summed E-state index contributed by atoms with van der Waals surface area (Å²) in [5, 5.41) is 3.31. The van der Waals surface area contributed by atoms with Gasteiger partial charge < -0.3 is 14.6 Å². The minimum atomic E-state index is 0.0726. The zero-order valence-corrected chi connectivity index (χ0v) is 15.1. The van der Waals surface area contributed by atoms with Gasteiger partial charge in [0.05, 0.1) is 24.2 Å². The molecule has 3 rings (SSSR count). The number of Topliss-reactive ketones (excluding diaryl/α,β-unsaturated/α-hetero) is 1. The number of rotatable bonds is 7. The van der Waals surface area contributed by atoms with E-state index in [4.69, 9.17) is 4.74 Å². The molecule has 1 N–H and O–H groups in total. The number of fused-ring (bicyclic) bond motifs is 1. The number of aromatic nitrogens is 2. The first-order valence-electron chi connectivity index (χ1n) is 9.08. The van der Waals surface area contributed by atoms with E-state index in [1.807, 2.05) is 28.8 Å². The standard InChI is InChI=1S/C20H27N3O2/c1-15(2)9-13-25-14-12-23-18-6-4-3-5-17(18)22-20(23)19(24)16-7-10-21-11-8-16/h3-6,9,16,21H,7-8,10-14H2,1-2H3. The zero-order chi connectivity index (χ0) is 17.6. The van der Waals surface area contributed by atoms with Crippen molar-refractivity contribution in [3.63, 3.8) is 0 Å². The molecule has 1 saturated heterocycles. The van der Waals surface area contributed by atoms with Crippen molar-refractivity contribution in [3.8, 4) is 0 Å². The quantitative estimate of drug-likeness (QED) is 0.477. The maximum absolute atomic E-state index is 13.0. The molecule has 134 valence electrons. The first-order chi connectivity index (χ1) is 12.2. The van der Waals surface area contributed by atoms with Gasteiger partial charge in [-0.15, -0.1) is 0 Å². The number of nitrogens with one attached hydrogen (secondary N) is 1. The number of hydrogen-bond acceptors (Lipinski definition) is 4. The van der Waals surface area contributed by atoms with Crippen LogP contribution in [0.4, 0.5) is 0 Å². The molecule has 0 unspecified atom stereocenters. The molecule has 0 amide bonds. The molecule has 2 heterocycles. The highest BCUT2D eigenvalue weighted by molar-refractivity contribution is 5.98. The number of hydrogen-bond donors (Lipinski definition) is 1. The van der Waals surface area contributed by atoms with Crippen molar-refractivity contribution >= 4 is 16.8 Å². The van der Waals surface area contributed by atoms with Gasteiger partial charge in [0.15, 0.2) is 5.82 Å². The van der Waals surface area contributed by atoms with Gasteiger partial charge in [0.25, 0.3) is 0 Å². The number of ketones is 1. The molecule has 1 aromatic carbocycles. The van der Waals surface area contributed by atoms with Gasteiger partial charge in [0.1, 0.15) is 0 Å². The summed E-state index contributed by atoms with van der Waals surface area (Å²) >= 11 is 0. The van der Waals surface area contributed by atoms with Crippen LogP contribution in [0.5, 0.6) is 0 Å². The fourth-order valence-electron chi connectivity index (χ4n) is 3.22. The highest BCUT2D eigenvalue weighted by Gasteiger charge is 2.26. The van der Waals surface area contributed by atoms with Gasteiger partial charge in [-0.1, -0.05) is 23.8 Å². The van der Waals surface area contributed by atoms with E-state index in [0.717, 1.165) is 37.0 Å². The Morgan fingerprint density at radius 1 is 1.32 bits per heavy atom. The van der Waals surface area contributed by atoms with Crippen LogP contribution in [0.2, 0.25) is 0 Å². The summed E-state index contributed by atoms with van der Waals surface area (Å²) in [6.07, 6.45) is 3.84. The number of piperidine rings is 1. The predicted octanol–water partition coefficient (Wildman–Crippen LogP) is 3.20. The summed E-state index contributed by atoms with van der Waals surface area (Å²) in [5.74, 6) is 0.823. The fourth-order valence-corrected chi connectivity index (χ4v) is 3.22. The van der Waals surface area contributed by atoms with Crippen LogP contribution < -0.4 is 5.32 Å². The van der Waals surface area contributed by atoms with Crippen LogP contribution in [-0.2, 0) is 11.3 Å². The van der Waals surface area contributed by atoms with Gasteiger partial charge in [0, 0.05) is 12.5 Å². The number of carbonyl (C=O) groups excluding carboxylic acids is 1. The molecule has 1 aromatic heterocycles. The van der Waals surface area contributed by atoms with Crippen LogP contribution >= 0.6 is 0 Å². The maximum atomic E-state index is 13.0. The SMILES string of the molecule is CC(C)=CCOCCn1c(C(=O)C2CCNCC2)nc2ccccc21. The van der Waals surface area contributed by atoms with E-state index in [0.29, 0.717) is 25.6 Å². The number of nitrogens with zero attached hydrogens (tertiary/aromatic N) is 2. The molecule has 0 saturated carbocycles. The third-order valence-electron chi connectivity index (χ3n) is 4.65.